The van der Waals surface area contributed by atoms with Crippen LogP contribution in [-0.2, 0) is 9.30 Å². The molecule has 0 aromatic rings. The van der Waals surface area contributed by atoms with E-state index in [1.807, 2.05) is 13.8 Å². The molecular weight excluding hydrogens is 127 g/mol. The Balaban J connectivity index is 0. The Kier molecular flexibility index (Phi) is 21.6. The minimum absolute atomic E-state index is 0.844. The molecule has 0 fully saturated rings. The average Bonchev–Trinajstić information content (AvgIpc) is 1.71. The van der Waals surface area contributed by atoms with Gasteiger partial charge in [-0.25, -0.2) is 0 Å². The van der Waals surface area contributed by atoms with Crippen molar-refractivity contribution in [3.63, 3.8) is 0 Å². The quantitative estimate of drug-likeness (QED) is 0.574. The normalized spacial score (nSPS) is 8.88. The molecule has 0 amide bonds. The predicted octanol–water partition coefficient (Wildman–Crippen LogP) is 0.693. The van der Waals surface area contributed by atoms with Crippen LogP contribution in [0.25, 0.3) is 0 Å². The Hall–Kier alpha value is 0.150. The van der Waals surface area contributed by atoms with E-state index < -0.39 is 8.69 Å². The number of rotatable bonds is 2. The zero-order chi connectivity index (χ0) is 6.83. The van der Waals surface area contributed by atoms with E-state index in [2.05, 4.69) is 0 Å². The summed E-state index contributed by atoms with van der Waals surface area (Å²) in [6.45, 7) is 5.67. The highest BCUT2D eigenvalue weighted by Gasteiger charge is 1.64. The summed E-state index contributed by atoms with van der Waals surface area (Å²) in [7, 11) is -1.50. The third-order valence-corrected chi connectivity index (χ3v) is 0.408. The fourth-order valence-electron chi connectivity index (χ4n) is 0.204. The van der Waals surface area contributed by atoms with Crippen molar-refractivity contribution in [3.8, 4) is 0 Å². The molecule has 0 saturated carbocycles. The molecule has 0 spiro atoms. The molecule has 0 saturated heterocycles. The molecule has 0 aliphatic carbocycles. The van der Waals surface area contributed by atoms with Gasteiger partial charge in [0.05, 0.1) is 0 Å². The summed E-state index contributed by atoms with van der Waals surface area (Å²) >= 11 is 0. The molecule has 0 rings (SSSR count). The molecule has 3 nitrogen and oxygen atoms in total. The van der Waals surface area contributed by atoms with Gasteiger partial charge in [-0.3, -0.25) is 4.57 Å². The van der Waals surface area contributed by atoms with Crippen molar-refractivity contribution >= 4 is 8.69 Å². The van der Waals surface area contributed by atoms with Gasteiger partial charge < -0.3 is 9.63 Å². The summed E-state index contributed by atoms with van der Waals surface area (Å²) in [5, 5.41) is 0. The maximum atomic E-state index is 8.57. The fourth-order valence-corrected chi connectivity index (χ4v) is 0.204. The van der Waals surface area contributed by atoms with Gasteiger partial charge in [-0.15, -0.1) is 0 Å². The van der Waals surface area contributed by atoms with Crippen LogP contribution < -0.4 is 0 Å². The van der Waals surface area contributed by atoms with Crippen molar-refractivity contribution in [2.24, 2.45) is 0 Å². The van der Waals surface area contributed by atoms with Crippen LogP contribution in [0.2, 0.25) is 0 Å². The molecule has 0 aromatic heterocycles. The fraction of sp³-hybridized carbons (Fsp3) is 1.00. The van der Waals surface area contributed by atoms with E-state index in [4.69, 9.17) is 14.2 Å². The zero-order valence-electron chi connectivity index (χ0n) is 5.26. The van der Waals surface area contributed by atoms with Crippen molar-refractivity contribution in [3.05, 3.63) is 0 Å². The van der Waals surface area contributed by atoms with E-state index in [1.54, 1.807) is 0 Å². The molecule has 1 atom stereocenters. The van der Waals surface area contributed by atoms with Gasteiger partial charge in [0.25, 0.3) is 0 Å². The lowest BCUT2D eigenvalue weighted by molar-refractivity contribution is 0.162. The summed E-state index contributed by atoms with van der Waals surface area (Å²) in [5.41, 5.74) is 0. The van der Waals surface area contributed by atoms with Gasteiger partial charge in [0.15, 0.2) is 8.69 Å². The van der Waals surface area contributed by atoms with E-state index in [-0.39, 0.29) is 0 Å². The van der Waals surface area contributed by atoms with Crippen LogP contribution in [0.5, 0.6) is 0 Å². The minimum Gasteiger partial charge on any atom is -0.382 e. The average molecular weight is 140 g/mol. The Morgan fingerprint density at radius 3 is 1.75 bits per heavy atom. The third kappa shape index (κ3) is 35.3. The van der Waals surface area contributed by atoms with Gasteiger partial charge in [-0.05, 0) is 13.8 Å². The highest BCUT2D eigenvalue weighted by atomic mass is 31.1. The van der Waals surface area contributed by atoms with Crippen molar-refractivity contribution < 1.29 is 14.2 Å². The molecule has 4 heteroatoms. The van der Waals surface area contributed by atoms with E-state index in [0.29, 0.717) is 0 Å². The van der Waals surface area contributed by atoms with E-state index in [1.165, 1.54) is 0 Å². The molecule has 52 valence electrons. The topological polar surface area (TPSA) is 46.5 Å². The zero-order valence-corrected chi connectivity index (χ0v) is 6.41. The van der Waals surface area contributed by atoms with Gasteiger partial charge in [-0.2, -0.15) is 0 Å². The summed E-state index contributed by atoms with van der Waals surface area (Å²) < 4.78 is 13.4. The molecule has 0 heterocycles. The minimum atomic E-state index is -1.50. The second-order valence-electron chi connectivity index (χ2n) is 0.887. The maximum absolute atomic E-state index is 8.57. The number of hydrogen-bond donors (Lipinski definition) is 1. The van der Waals surface area contributed by atoms with Crippen LogP contribution in [0, 0.1) is 0 Å². The Labute approximate surface area is 51.0 Å². The van der Waals surface area contributed by atoms with E-state index in [9.17, 15) is 0 Å². The molecule has 0 bridgehead atoms. The summed E-state index contributed by atoms with van der Waals surface area (Å²) in [6, 6.07) is 0. The van der Waals surface area contributed by atoms with Gasteiger partial charge in [0.1, 0.15) is 0 Å². The Morgan fingerprint density at radius 2 is 1.75 bits per heavy atom. The predicted molar refractivity (Wildman–Crippen MR) is 34.8 cm³/mol. The Morgan fingerprint density at radius 1 is 1.50 bits per heavy atom. The van der Waals surface area contributed by atoms with E-state index in [0.717, 1.165) is 13.2 Å². The van der Waals surface area contributed by atoms with Gasteiger partial charge >= 0.3 is 0 Å². The molecule has 8 heavy (non-hydrogen) atoms. The molecule has 0 aromatic carbocycles. The van der Waals surface area contributed by atoms with Crippen LogP contribution in [-0.4, -0.2) is 18.1 Å². The SMILES string of the molecule is CCOCC.O=[PH2]O. The Bertz CT molecular complexity index is 38.3. The molecule has 0 radical (unpaired) electrons. The second-order valence-corrected chi connectivity index (χ2v) is 1.10. The molecule has 1 N–H and O–H groups in total. The van der Waals surface area contributed by atoms with Crippen molar-refractivity contribution in [1.29, 1.82) is 0 Å². The highest BCUT2D eigenvalue weighted by Crippen LogP contribution is 1.66. The molecular formula is C4H13O3P. The number of hydrogen-bond acceptors (Lipinski definition) is 2. The lowest BCUT2D eigenvalue weighted by atomic mass is 10.8. The largest absolute Gasteiger partial charge is 0.382 e. The maximum Gasteiger partial charge on any atom is 0.177 e. The lowest BCUT2D eigenvalue weighted by Gasteiger charge is -1.86. The van der Waals surface area contributed by atoms with Crippen LogP contribution >= 0.6 is 8.69 Å². The first-order valence-electron chi connectivity index (χ1n) is 2.49. The molecule has 0 aliphatic rings. The van der Waals surface area contributed by atoms with Gasteiger partial charge in [0, 0.05) is 13.2 Å². The first kappa shape index (κ1) is 11.0. The van der Waals surface area contributed by atoms with Crippen molar-refractivity contribution in [2.45, 2.75) is 13.8 Å². The first-order chi connectivity index (χ1) is 3.83. The molecule has 1 unspecified atom stereocenters. The summed E-state index contributed by atoms with van der Waals surface area (Å²) in [4.78, 5) is 7.10. The summed E-state index contributed by atoms with van der Waals surface area (Å²) in [6.07, 6.45) is 0. The van der Waals surface area contributed by atoms with Crippen LogP contribution in [0.1, 0.15) is 13.8 Å². The smallest absolute Gasteiger partial charge is 0.177 e. The highest BCUT2D eigenvalue weighted by molar-refractivity contribution is 7.16. The van der Waals surface area contributed by atoms with Gasteiger partial charge in [0.2, 0.25) is 0 Å². The van der Waals surface area contributed by atoms with Crippen LogP contribution in [0.15, 0.2) is 0 Å². The van der Waals surface area contributed by atoms with Crippen LogP contribution in [0.4, 0.5) is 0 Å². The molecule has 0 aliphatic heterocycles. The third-order valence-electron chi connectivity index (χ3n) is 0.408. The monoisotopic (exact) mass is 140 g/mol. The van der Waals surface area contributed by atoms with Crippen molar-refractivity contribution in [2.75, 3.05) is 13.2 Å². The van der Waals surface area contributed by atoms with Crippen LogP contribution in [0.3, 0.4) is 0 Å². The summed E-state index contributed by atoms with van der Waals surface area (Å²) in [5.74, 6) is 0. The number of ether oxygens (including phenoxy) is 1. The second kappa shape index (κ2) is 15.7. The lowest BCUT2D eigenvalue weighted by Crippen LogP contribution is -1.84. The van der Waals surface area contributed by atoms with E-state index >= 15 is 0 Å². The van der Waals surface area contributed by atoms with Gasteiger partial charge in [-0.1, -0.05) is 0 Å². The van der Waals surface area contributed by atoms with Crippen molar-refractivity contribution in [1.82, 2.24) is 0 Å². The standard InChI is InChI=1S/C4H10O.H3O2P/c1-3-5-4-2;1-3-2/h3-4H2,1-2H3;3H2,(H,1,2). The first-order valence-corrected chi connectivity index (χ1v) is 3.47.